The minimum absolute atomic E-state index is 0.0266. The fourth-order valence-corrected chi connectivity index (χ4v) is 3.54. The number of para-hydroxylation sites is 1. The van der Waals surface area contributed by atoms with Crippen molar-refractivity contribution in [2.75, 3.05) is 18.8 Å². The summed E-state index contributed by atoms with van der Waals surface area (Å²) in [6.45, 7) is 3.29. The molecule has 104 valence electrons. The van der Waals surface area contributed by atoms with Gasteiger partial charge in [0, 0.05) is 18.8 Å². The number of piperidine rings is 1. The zero-order valence-electron chi connectivity index (χ0n) is 11.2. The maximum absolute atomic E-state index is 12.4. The molecular weight excluding hydrogens is 260 g/mol. The largest absolute Gasteiger partial charge is 0.398 e. The highest BCUT2D eigenvalue weighted by molar-refractivity contribution is 7.86. The lowest BCUT2D eigenvalue weighted by atomic mass is 10.1. The van der Waals surface area contributed by atoms with E-state index in [1.165, 1.54) is 6.42 Å². The third kappa shape index (κ3) is 3.15. The first-order chi connectivity index (χ1) is 9.11. The van der Waals surface area contributed by atoms with E-state index >= 15 is 0 Å². The number of nitrogens with zero attached hydrogens (tertiary/aromatic N) is 1. The van der Waals surface area contributed by atoms with Crippen LogP contribution in [0.4, 0.5) is 5.69 Å². The van der Waals surface area contributed by atoms with Gasteiger partial charge in [-0.25, -0.2) is 0 Å². The molecule has 0 spiro atoms. The van der Waals surface area contributed by atoms with E-state index in [-0.39, 0.29) is 5.91 Å². The van der Waals surface area contributed by atoms with Crippen molar-refractivity contribution in [3.63, 3.8) is 0 Å². The molecule has 2 atom stereocenters. The molecule has 1 aliphatic heterocycles. The molecule has 1 amide bonds. The van der Waals surface area contributed by atoms with Gasteiger partial charge in [0.15, 0.2) is 0 Å². The standard InChI is InChI=1S/C14H20N2O2S/c1-11(14(17)16-9-5-2-6-10-16)19(18)13-8-4-3-7-12(13)15/h3-4,7-8,11H,2,5-6,9-10,15H2,1H3. The van der Waals surface area contributed by atoms with Crippen LogP contribution >= 0.6 is 0 Å². The molecule has 0 saturated carbocycles. The predicted molar refractivity (Wildman–Crippen MR) is 77.2 cm³/mol. The van der Waals surface area contributed by atoms with E-state index in [1.807, 2.05) is 4.90 Å². The first kappa shape index (κ1) is 14.1. The van der Waals surface area contributed by atoms with E-state index in [1.54, 1.807) is 31.2 Å². The first-order valence-electron chi connectivity index (χ1n) is 6.65. The minimum atomic E-state index is -1.39. The molecule has 19 heavy (non-hydrogen) atoms. The number of rotatable bonds is 3. The second-order valence-corrected chi connectivity index (χ2v) is 6.61. The fourth-order valence-electron chi connectivity index (χ4n) is 2.32. The molecule has 0 bridgehead atoms. The van der Waals surface area contributed by atoms with Gasteiger partial charge in [0.25, 0.3) is 0 Å². The highest BCUT2D eigenvalue weighted by atomic mass is 32.2. The summed E-state index contributed by atoms with van der Waals surface area (Å²) in [7, 11) is -1.39. The molecule has 1 heterocycles. The molecule has 0 radical (unpaired) electrons. The van der Waals surface area contributed by atoms with E-state index in [4.69, 9.17) is 5.73 Å². The minimum Gasteiger partial charge on any atom is -0.398 e. The van der Waals surface area contributed by atoms with E-state index in [0.717, 1.165) is 25.9 Å². The van der Waals surface area contributed by atoms with Crippen LogP contribution in [0.2, 0.25) is 0 Å². The monoisotopic (exact) mass is 280 g/mol. The van der Waals surface area contributed by atoms with Crippen LogP contribution in [-0.2, 0) is 15.6 Å². The number of benzene rings is 1. The summed E-state index contributed by atoms with van der Waals surface area (Å²) in [5, 5.41) is -0.539. The number of amides is 1. The summed E-state index contributed by atoms with van der Waals surface area (Å²) >= 11 is 0. The van der Waals surface area contributed by atoms with Crippen molar-refractivity contribution < 1.29 is 9.00 Å². The Bertz CT molecular complexity index is 484. The number of hydrogen-bond donors (Lipinski definition) is 1. The highest BCUT2D eigenvalue weighted by Crippen LogP contribution is 2.20. The van der Waals surface area contributed by atoms with Crippen LogP contribution < -0.4 is 5.73 Å². The number of anilines is 1. The molecule has 1 aromatic rings. The van der Waals surface area contributed by atoms with Gasteiger partial charge >= 0.3 is 0 Å². The van der Waals surface area contributed by atoms with Crippen LogP contribution in [0.25, 0.3) is 0 Å². The summed E-state index contributed by atoms with van der Waals surface area (Å²) in [6.07, 6.45) is 3.25. The summed E-state index contributed by atoms with van der Waals surface area (Å²) in [6, 6.07) is 7.03. The first-order valence-corrected chi connectivity index (χ1v) is 7.86. The number of carbonyl (C=O) groups is 1. The normalized spacial score (nSPS) is 18.9. The van der Waals surface area contributed by atoms with Crippen LogP contribution in [0, 0.1) is 0 Å². The zero-order valence-corrected chi connectivity index (χ0v) is 12.0. The van der Waals surface area contributed by atoms with Crippen molar-refractivity contribution in [1.29, 1.82) is 0 Å². The Morgan fingerprint density at radius 2 is 1.89 bits per heavy atom. The Hall–Kier alpha value is -1.36. The average molecular weight is 280 g/mol. The Morgan fingerprint density at radius 3 is 2.53 bits per heavy atom. The molecule has 0 aliphatic carbocycles. The summed E-state index contributed by atoms with van der Waals surface area (Å²) in [5.41, 5.74) is 6.31. The third-order valence-electron chi connectivity index (χ3n) is 3.47. The van der Waals surface area contributed by atoms with Gasteiger partial charge in [-0.2, -0.15) is 0 Å². The van der Waals surface area contributed by atoms with Crippen LogP contribution in [0.5, 0.6) is 0 Å². The highest BCUT2D eigenvalue weighted by Gasteiger charge is 2.27. The van der Waals surface area contributed by atoms with Crippen LogP contribution in [0.15, 0.2) is 29.2 Å². The lowest BCUT2D eigenvalue weighted by molar-refractivity contribution is -0.131. The van der Waals surface area contributed by atoms with E-state index in [2.05, 4.69) is 0 Å². The van der Waals surface area contributed by atoms with Crippen molar-refractivity contribution in [1.82, 2.24) is 4.90 Å². The van der Waals surface area contributed by atoms with Crippen molar-refractivity contribution in [3.8, 4) is 0 Å². The van der Waals surface area contributed by atoms with Crippen molar-refractivity contribution >= 4 is 22.4 Å². The van der Waals surface area contributed by atoms with Gasteiger partial charge in [-0.1, -0.05) is 12.1 Å². The zero-order chi connectivity index (χ0) is 13.8. The fraction of sp³-hybridized carbons (Fsp3) is 0.500. The SMILES string of the molecule is CC(C(=O)N1CCCCC1)S(=O)c1ccccc1N. The molecule has 1 saturated heterocycles. The van der Waals surface area contributed by atoms with Gasteiger partial charge in [0.1, 0.15) is 5.25 Å². The summed E-state index contributed by atoms with van der Waals surface area (Å²) < 4.78 is 12.4. The maximum Gasteiger partial charge on any atom is 0.238 e. The lowest BCUT2D eigenvalue weighted by Crippen LogP contribution is -2.42. The number of likely N-dealkylation sites (tertiary alicyclic amines) is 1. The van der Waals surface area contributed by atoms with Crippen molar-refractivity contribution in [2.45, 2.75) is 36.3 Å². The Kier molecular flexibility index (Phi) is 4.58. The number of nitrogen functional groups attached to an aromatic ring is 1. The third-order valence-corrected chi connectivity index (χ3v) is 5.12. The van der Waals surface area contributed by atoms with Crippen molar-refractivity contribution in [2.24, 2.45) is 0 Å². The van der Waals surface area contributed by atoms with Gasteiger partial charge in [-0.05, 0) is 38.3 Å². The molecule has 2 rings (SSSR count). The van der Waals surface area contributed by atoms with Gasteiger partial charge < -0.3 is 10.6 Å². The number of hydrogen-bond acceptors (Lipinski definition) is 3. The van der Waals surface area contributed by atoms with Gasteiger partial charge in [0.2, 0.25) is 5.91 Å². The molecular formula is C14H20N2O2S. The molecule has 0 aromatic heterocycles. The Labute approximate surface area is 116 Å². The molecule has 2 N–H and O–H groups in total. The van der Waals surface area contributed by atoms with Crippen LogP contribution in [-0.4, -0.2) is 33.4 Å². The van der Waals surface area contributed by atoms with Crippen LogP contribution in [0.3, 0.4) is 0 Å². The molecule has 4 nitrogen and oxygen atoms in total. The number of carbonyl (C=O) groups excluding carboxylic acids is 1. The van der Waals surface area contributed by atoms with E-state index in [9.17, 15) is 9.00 Å². The van der Waals surface area contributed by atoms with Crippen LogP contribution in [0.1, 0.15) is 26.2 Å². The number of nitrogens with two attached hydrogens (primary N) is 1. The Balaban J connectivity index is 2.10. The second kappa shape index (κ2) is 6.19. The van der Waals surface area contributed by atoms with Gasteiger partial charge in [-0.3, -0.25) is 9.00 Å². The topological polar surface area (TPSA) is 63.4 Å². The molecule has 2 unspecified atom stereocenters. The van der Waals surface area contributed by atoms with E-state index in [0.29, 0.717) is 10.6 Å². The molecule has 1 fully saturated rings. The van der Waals surface area contributed by atoms with Gasteiger partial charge in [-0.15, -0.1) is 0 Å². The average Bonchev–Trinajstić information content (AvgIpc) is 2.46. The van der Waals surface area contributed by atoms with E-state index < -0.39 is 16.0 Å². The predicted octanol–water partition coefficient (Wildman–Crippen LogP) is 1.78. The molecule has 1 aliphatic rings. The van der Waals surface area contributed by atoms with Crippen molar-refractivity contribution in [3.05, 3.63) is 24.3 Å². The second-order valence-electron chi connectivity index (χ2n) is 4.86. The summed E-state index contributed by atoms with van der Waals surface area (Å²) in [5.74, 6) is -0.0266. The quantitative estimate of drug-likeness (QED) is 0.858. The molecule has 5 heteroatoms. The molecule has 1 aromatic carbocycles. The smallest absolute Gasteiger partial charge is 0.238 e. The maximum atomic E-state index is 12.4. The van der Waals surface area contributed by atoms with Gasteiger partial charge in [0.05, 0.1) is 15.7 Å². The summed E-state index contributed by atoms with van der Waals surface area (Å²) in [4.78, 5) is 14.7. The lowest BCUT2D eigenvalue weighted by Gasteiger charge is -2.29. The Morgan fingerprint density at radius 1 is 1.26 bits per heavy atom.